The molecule has 432 valence electrons. The summed E-state index contributed by atoms with van der Waals surface area (Å²) in [7, 11) is 0.205. The van der Waals surface area contributed by atoms with Crippen molar-refractivity contribution in [1.29, 1.82) is 0 Å². The van der Waals surface area contributed by atoms with E-state index in [-0.39, 0.29) is 54.6 Å². The number of phenols is 1. The molecule has 4 aliphatic heterocycles. The van der Waals surface area contributed by atoms with Gasteiger partial charge in [-0.25, -0.2) is 13.8 Å². The first-order chi connectivity index (χ1) is 38.5. The summed E-state index contributed by atoms with van der Waals surface area (Å²) in [6.45, 7) is 16.3. The van der Waals surface area contributed by atoms with Gasteiger partial charge in [0.05, 0.1) is 42.1 Å². The highest BCUT2D eigenvalue weighted by molar-refractivity contribution is 7.91. The van der Waals surface area contributed by atoms with Gasteiger partial charge in [0.1, 0.15) is 30.0 Å². The SMILES string of the molecule is CCn1c(-c2cc(C#CCN3CCS(=O)(=O)CC3)cnc2[C@H](C)OC)c2c3cc(ccc31)-c1cc(O)cc(c1)C[C@H](NC(=O)[C@H](C(C)C)N(C)C(=O)[C@@H]1OCC[C@@H]1c1ccc(N)c(C)c1)C(=O)N1CCC[C@H](N1)C(=O)OCC(C)(C)C2. The Bertz CT molecular complexity index is 3390. The fourth-order valence-corrected chi connectivity index (χ4v) is 13.2. The van der Waals surface area contributed by atoms with Crippen molar-refractivity contribution in [1.82, 2.24) is 35.1 Å². The first kappa shape index (κ1) is 58.8. The number of likely N-dealkylation sites (N-methyl/N-ethyl adjacent to an activating group) is 1. The number of hydrazine groups is 1. The van der Waals surface area contributed by atoms with E-state index in [0.717, 1.165) is 44.4 Å². The number of rotatable bonds is 11. The van der Waals surface area contributed by atoms with Gasteiger partial charge in [-0.05, 0) is 122 Å². The van der Waals surface area contributed by atoms with E-state index in [1.54, 1.807) is 32.5 Å². The molecule has 0 saturated carbocycles. The van der Waals surface area contributed by atoms with Gasteiger partial charge in [0.15, 0.2) is 9.84 Å². The molecule has 5 aromatic rings. The zero-order chi connectivity index (χ0) is 58.1. The van der Waals surface area contributed by atoms with Gasteiger partial charge in [0.25, 0.3) is 11.8 Å². The zero-order valence-electron chi connectivity index (χ0n) is 48.1. The second kappa shape index (κ2) is 24.3. The number of aryl methyl sites for hydroxylation is 2. The highest BCUT2D eigenvalue weighted by Crippen LogP contribution is 2.43. The Hall–Kier alpha value is -6.82. The molecule has 0 radical (unpaired) electrons. The highest BCUT2D eigenvalue weighted by Gasteiger charge is 2.43. The number of pyridine rings is 1. The number of anilines is 1. The molecule has 81 heavy (non-hydrogen) atoms. The Kier molecular flexibility index (Phi) is 17.7. The Labute approximate surface area is 475 Å². The van der Waals surface area contributed by atoms with Crippen LogP contribution in [0.4, 0.5) is 5.69 Å². The number of nitrogens with one attached hydrogen (secondary N) is 2. The number of fused-ring (bicyclic) bond motifs is 6. The van der Waals surface area contributed by atoms with Gasteiger partial charge in [-0.2, -0.15) is 0 Å². The second-order valence-electron chi connectivity index (χ2n) is 23.4. The molecule has 19 heteroatoms. The van der Waals surface area contributed by atoms with Crippen molar-refractivity contribution >= 4 is 50.1 Å². The summed E-state index contributed by atoms with van der Waals surface area (Å²) in [5.74, 6) is 4.21. The smallest absolute Gasteiger partial charge is 0.324 e. The van der Waals surface area contributed by atoms with Gasteiger partial charge in [0.2, 0.25) is 5.91 Å². The van der Waals surface area contributed by atoms with Crippen molar-refractivity contribution in [2.24, 2.45) is 11.3 Å². The largest absolute Gasteiger partial charge is 0.508 e. The molecule has 2 aromatic heterocycles. The van der Waals surface area contributed by atoms with Gasteiger partial charge in [-0.3, -0.25) is 34.1 Å². The van der Waals surface area contributed by atoms with Crippen LogP contribution in [0.3, 0.4) is 0 Å². The molecule has 5 N–H and O–H groups in total. The first-order valence-electron chi connectivity index (χ1n) is 28.3. The van der Waals surface area contributed by atoms with Crippen molar-refractivity contribution < 1.29 is 46.9 Å². The Morgan fingerprint density at radius 2 is 1.79 bits per heavy atom. The molecule has 3 fully saturated rings. The van der Waals surface area contributed by atoms with Gasteiger partial charge in [-0.15, -0.1) is 0 Å². The third-order valence-electron chi connectivity index (χ3n) is 16.5. The van der Waals surface area contributed by atoms with Crippen molar-refractivity contribution in [2.45, 2.75) is 123 Å². The van der Waals surface area contributed by atoms with Gasteiger partial charge < -0.3 is 39.8 Å². The number of nitrogens with zero attached hydrogens (tertiary/aromatic N) is 5. The Morgan fingerprint density at radius 1 is 1.02 bits per heavy atom. The third kappa shape index (κ3) is 13.0. The summed E-state index contributed by atoms with van der Waals surface area (Å²) in [4.78, 5) is 67.0. The van der Waals surface area contributed by atoms with Gasteiger partial charge in [0, 0.05) is 98.6 Å². The number of carbonyl (C=O) groups is 4. The van der Waals surface area contributed by atoms with Crippen LogP contribution in [0, 0.1) is 30.1 Å². The fourth-order valence-electron chi connectivity index (χ4n) is 12.0. The van der Waals surface area contributed by atoms with Crippen molar-refractivity contribution in [3.8, 4) is 40.0 Å². The van der Waals surface area contributed by atoms with E-state index >= 15 is 0 Å². The molecular formula is C62H78N8O10S. The van der Waals surface area contributed by atoms with E-state index in [2.05, 4.69) is 60.1 Å². The number of nitrogen functional groups attached to an aromatic ring is 1. The van der Waals surface area contributed by atoms with E-state index in [9.17, 15) is 32.7 Å². The van der Waals surface area contributed by atoms with Crippen LogP contribution in [0.15, 0.2) is 66.9 Å². The van der Waals surface area contributed by atoms with Crippen LogP contribution >= 0.6 is 0 Å². The number of aromatic hydroxyl groups is 1. The number of sulfone groups is 1. The molecular weight excluding hydrogens is 1050 g/mol. The van der Waals surface area contributed by atoms with Crippen LogP contribution in [0.5, 0.6) is 5.75 Å². The van der Waals surface area contributed by atoms with E-state index in [4.69, 9.17) is 24.9 Å². The van der Waals surface area contributed by atoms with E-state index < -0.39 is 63.4 Å². The van der Waals surface area contributed by atoms with Crippen LogP contribution in [-0.2, 0) is 62.6 Å². The number of amides is 3. The number of benzene rings is 3. The molecule has 0 unspecified atom stereocenters. The minimum atomic E-state index is -3.04. The predicted octanol–water partition coefficient (Wildman–Crippen LogP) is 6.48. The average Bonchev–Trinajstić information content (AvgIpc) is 4.06. The fraction of sp³-hybridized carbons (Fsp3) is 0.500. The summed E-state index contributed by atoms with van der Waals surface area (Å²) < 4.78 is 44.7. The van der Waals surface area contributed by atoms with Crippen LogP contribution in [0.25, 0.3) is 33.3 Å². The maximum Gasteiger partial charge on any atom is 0.324 e. The molecule has 6 heterocycles. The van der Waals surface area contributed by atoms with Crippen LogP contribution in [0.1, 0.15) is 106 Å². The predicted molar refractivity (Wildman–Crippen MR) is 311 cm³/mol. The maximum absolute atomic E-state index is 15.0. The molecule has 6 bridgehead atoms. The maximum atomic E-state index is 15.0. The van der Waals surface area contributed by atoms with E-state index in [1.165, 1.54) is 9.91 Å². The lowest BCUT2D eigenvalue weighted by molar-refractivity contribution is -0.155. The molecule has 3 saturated heterocycles. The minimum Gasteiger partial charge on any atom is -0.508 e. The van der Waals surface area contributed by atoms with E-state index in [1.807, 2.05) is 69.0 Å². The van der Waals surface area contributed by atoms with Gasteiger partial charge in [-0.1, -0.05) is 63.8 Å². The lowest BCUT2D eigenvalue weighted by atomic mass is 9.84. The summed E-state index contributed by atoms with van der Waals surface area (Å²) >= 11 is 0. The number of methoxy groups -OCH3 is 1. The molecule has 3 aromatic carbocycles. The minimum absolute atomic E-state index is 0.0399. The number of cyclic esters (lactones) is 1. The number of phenolic OH excluding ortho intramolecular Hbond substituents is 1. The number of ether oxygens (including phenoxy) is 3. The number of carbonyl (C=O) groups excluding carboxylic acids is 4. The van der Waals surface area contributed by atoms with Gasteiger partial charge >= 0.3 is 5.97 Å². The van der Waals surface area contributed by atoms with Crippen molar-refractivity contribution in [3.63, 3.8) is 0 Å². The lowest BCUT2D eigenvalue weighted by Gasteiger charge is -2.37. The van der Waals surface area contributed by atoms with E-state index in [0.29, 0.717) is 86.5 Å². The molecule has 0 aliphatic carbocycles. The second-order valence-corrected chi connectivity index (χ2v) is 25.7. The van der Waals surface area contributed by atoms with Crippen LogP contribution in [-0.4, -0.2) is 151 Å². The summed E-state index contributed by atoms with van der Waals surface area (Å²) in [6, 6.07) is 16.0. The summed E-state index contributed by atoms with van der Waals surface area (Å²) in [5, 5.41) is 16.9. The van der Waals surface area contributed by atoms with Crippen LogP contribution in [0.2, 0.25) is 0 Å². The number of nitrogens with two attached hydrogens (primary N) is 1. The Balaban J connectivity index is 1.10. The highest BCUT2D eigenvalue weighted by atomic mass is 32.2. The molecule has 6 atom stereocenters. The first-order valence-corrected chi connectivity index (χ1v) is 30.1. The molecule has 18 nitrogen and oxygen atoms in total. The quantitative estimate of drug-likeness (QED) is 0.0631. The number of hydrogen-bond acceptors (Lipinski definition) is 14. The molecule has 4 aliphatic rings. The topological polar surface area (TPSA) is 228 Å². The van der Waals surface area contributed by atoms with Crippen molar-refractivity contribution in [2.75, 3.05) is 70.8 Å². The zero-order valence-corrected chi connectivity index (χ0v) is 49.0. The van der Waals surface area contributed by atoms with Crippen LogP contribution < -0.4 is 16.5 Å². The molecule has 0 spiro atoms. The molecule has 9 rings (SSSR count). The monoisotopic (exact) mass is 1130 g/mol. The Morgan fingerprint density at radius 3 is 2.51 bits per heavy atom. The van der Waals surface area contributed by atoms with Crippen molar-refractivity contribution in [3.05, 3.63) is 100 Å². The third-order valence-corrected chi connectivity index (χ3v) is 18.1. The number of esters is 1. The number of hydrogen-bond donors (Lipinski definition) is 4. The average molecular weight is 1130 g/mol. The molecule has 3 amide bonds. The normalized spacial score (nSPS) is 22.1. The lowest BCUT2D eigenvalue weighted by Crippen LogP contribution is -2.62. The summed E-state index contributed by atoms with van der Waals surface area (Å²) in [6.07, 6.45) is 2.40. The number of aromatic nitrogens is 2. The summed E-state index contributed by atoms with van der Waals surface area (Å²) in [5.41, 5.74) is 18.2. The standard InChI is InChI=1S/C62H78N8O10S/c1-10-69-53-18-16-42-33-47(53)49(56(69)48-30-40(35-64-54(48)39(5)78-9)13-11-20-68-22-25-81(76,77)26-23-68)34-62(6,7)36-80-61(75)51-14-12-21-70(66-51)59(73)52(31-41-28-44(42)32-45(71)29-41)65-58(72)55(37(2)3)67(8)60(74)57-46(19-24-79-57)43-15-17-50(63)38(4)27-43/h15-18,27-30,32-33,35,37,39,46,51-52,55,57,66,71H,10,12,14,19-26,31,34,36,63H2,1-9H3,(H,65,72)/t39-,46+,51-,52-,55-,57+/m0/s1.